The van der Waals surface area contributed by atoms with Gasteiger partial charge in [-0.25, -0.2) is 4.79 Å². The molecule has 0 amide bonds. The fraction of sp³-hybridized carbons (Fsp3) is 0.429. The van der Waals surface area contributed by atoms with E-state index in [1.54, 1.807) is 0 Å². The first-order valence-electron chi connectivity index (χ1n) is 9.02. The second-order valence-corrected chi connectivity index (χ2v) is 7.95. The van der Waals surface area contributed by atoms with E-state index in [-0.39, 0.29) is 18.0 Å². The molecule has 6 nitrogen and oxygen atoms in total. The van der Waals surface area contributed by atoms with Crippen LogP contribution in [0.3, 0.4) is 0 Å². The van der Waals surface area contributed by atoms with E-state index >= 15 is 0 Å². The molecule has 6 heteroatoms. The molecule has 2 unspecified atom stereocenters. The predicted octanol–water partition coefficient (Wildman–Crippen LogP) is 3.05. The maximum atomic E-state index is 13.1. The minimum absolute atomic E-state index is 0.113. The topological polar surface area (TPSA) is 73.9 Å². The second kappa shape index (κ2) is 6.15. The number of hydrogen-bond acceptors (Lipinski definition) is 6. The van der Waals surface area contributed by atoms with Crippen LogP contribution >= 0.6 is 0 Å². The van der Waals surface area contributed by atoms with Gasteiger partial charge < -0.3 is 19.5 Å². The number of allylic oxidation sites excluding steroid dienone is 3. The zero-order chi connectivity index (χ0) is 19.3. The molecular weight excluding hydrogens is 346 g/mol. The van der Waals surface area contributed by atoms with Crippen LogP contribution in [-0.2, 0) is 14.3 Å². The number of nitrogens with one attached hydrogen (secondary N) is 1. The molecule has 1 aromatic rings. The molecule has 2 heterocycles. The largest absolute Gasteiger partial charge is 0.466 e. The van der Waals surface area contributed by atoms with Gasteiger partial charge in [0.2, 0.25) is 6.79 Å². The van der Waals surface area contributed by atoms with E-state index in [9.17, 15) is 9.59 Å². The first kappa shape index (κ1) is 17.6. The van der Waals surface area contributed by atoms with E-state index in [4.69, 9.17) is 14.2 Å². The van der Waals surface area contributed by atoms with Crippen molar-refractivity contribution in [1.29, 1.82) is 0 Å². The summed E-state index contributed by atoms with van der Waals surface area (Å²) in [6.45, 7) is 6.10. The number of ether oxygens (including phenoxy) is 3. The van der Waals surface area contributed by atoms with Gasteiger partial charge in [0.25, 0.3) is 0 Å². The summed E-state index contributed by atoms with van der Waals surface area (Å²) in [6, 6.07) is 5.58. The van der Waals surface area contributed by atoms with E-state index in [1.807, 2.05) is 39.0 Å². The smallest absolute Gasteiger partial charge is 0.336 e. The third-order valence-electron chi connectivity index (χ3n) is 5.40. The molecule has 0 aromatic heterocycles. The Bertz CT molecular complexity index is 896. The number of rotatable bonds is 2. The molecule has 1 N–H and O–H groups in total. The molecule has 2 aliphatic heterocycles. The van der Waals surface area contributed by atoms with Gasteiger partial charge in [-0.3, -0.25) is 4.79 Å². The number of fused-ring (bicyclic) bond motifs is 2. The number of carbonyl (C=O) groups is 2. The highest BCUT2D eigenvalue weighted by Crippen LogP contribution is 2.48. The van der Waals surface area contributed by atoms with Gasteiger partial charge >= 0.3 is 5.97 Å². The summed E-state index contributed by atoms with van der Waals surface area (Å²) in [5.41, 5.74) is 2.65. The van der Waals surface area contributed by atoms with Gasteiger partial charge in [-0.15, -0.1) is 0 Å². The molecule has 0 bridgehead atoms. The molecule has 1 aromatic carbocycles. The SMILES string of the molecule is COC(=O)C1=C(C)NC2=CC(C)(C)CC(=O)C2C1c1ccc2c(c1)OCO2. The number of benzene rings is 1. The highest BCUT2D eigenvalue weighted by molar-refractivity contribution is 5.96. The van der Waals surface area contributed by atoms with Gasteiger partial charge in [-0.05, 0) is 30.0 Å². The molecule has 3 aliphatic rings. The first-order chi connectivity index (χ1) is 12.8. The summed E-state index contributed by atoms with van der Waals surface area (Å²) in [4.78, 5) is 25.7. The fourth-order valence-electron chi connectivity index (χ4n) is 4.31. The Morgan fingerprint density at radius 3 is 2.70 bits per heavy atom. The van der Waals surface area contributed by atoms with Crippen molar-refractivity contribution in [2.45, 2.75) is 33.1 Å². The van der Waals surface area contributed by atoms with Gasteiger partial charge in [-0.2, -0.15) is 0 Å². The van der Waals surface area contributed by atoms with Crippen LogP contribution < -0.4 is 14.8 Å². The highest BCUT2D eigenvalue weighted by atomic mass is 16.7. The molecule has 1 aliphatic carbocycles. The van der Waals surface area contributed by atoms with Crippen molar-refractivity contribution in [1.82, 2.24) is 5.32 Å². The van der Waals surface area contributed by atoms with Crippen LogP contribution in [0.25, 0.3) is 0 Å². The summed E-state index contributed by atoms with van der Waals surface area (Å²) in [5, 5.41) is 3.28. The van der Waals surface area contributed by atoms with Crippen molar-refractivity contribution in [3.8, 4) is 11.5 Å². The summed E-state index contributed by atoms with van der Waals surface area (Å²) < 4.78 is 15.9. The van der Waals surface area contributed by atoms with Gasteiger partial charge in [-0.1, -0.05) is 26.0 Å². The van der Waals surface area contributed by atoms with E-state index in [1.165, 1.54) is 7.11 Å². The van der Waals surface area contributed by atoms with Crippen LogP contribution in [0, 0.1) is 11.3 Å². The highest BCUT2D eigenvalue weighted by Gasteiger charge is 2.46. The fourth-order valence-corrected chi connectivity index (χ4v) is 4.31. The average Bonchev–Trinajstić information content (AvgIpc) is 3.06. The average molecular weight is 369 g/mol. The van der Waals surface area contributed by atoms with E-state index in [0.717, 1.165) is 11.3 Å². The van der Waals surface area contributed by atoms with Gasteiger partial charge in [0, 0.05) is 23.7 Å². The van der Waals surface area contributed by atoms with Crippen molar-refractivity contribution in [3.05, 3.63) is 46.8 Å². The molecule has 0 saturated carbocycles. The number of ketones is 1. The van der Waals surface area contributed by atoms with Crippen molar-refractivity contribution >= 4 is 11.8 Å². The molecule has 2 atom stereocenters. The minimum atomic E-state index is -0.448. The molecule has 4 rings (SSSR count). The Hall–Kier alpha value is -2.76. The van der Waals surface area contributed by atoms with E-state index in [2.05, 4.69) is 11.4 Å². The Morgan fingerprint density at radius 2 is 1.96 bits per heavy atom. The first-order valence-corrected chi connectivity index (χ1v) is 9.02. The van der Waals surface area contributed by atoms with Gasteiger partial charge in [0.15, 0.2) is 11.5 Å². The number of hydrogen-bond donors (Lipinski definition) is 1. The lowest BCUT2D eigenvalue weighted by molar-refractivity contribution is -0.136. The van der Waals surface area contributed by atoms with Crippen molar-refractivity contribution in [2.75, 3.05) is 13.9 Å². The molecule has 0 saturated heterocycles. The van der Waals surface area contributed by atoms with Crippen LogP contribution in [0.15, 0.2) is 41.2 Å². The summed E-state index contributed by atoms with van der Waals surface area (Å²) in [6.07, 6.45) is 2.54. The minimum Gasteiger partial charge on any atom is -0.466 e. The summed E-state index contributed by atoms with van der Waals surface area (Å²) >= 11 is 0. The van der Waals surface area contributed by atoms with Crippen LogP contribution in [-0.4, -0.2) is 25.7 Å². The summed E-state index contributed by atoms with van der Waals surface area (Å²) in [5.74, 6) is 0.0991. The number of Topliss-reactive ketones (excluding diaryl/α,β-unsaturated/α-hetero) is 1. The van der Waals surface area contributed by atoms with Gasteiger partial charge in [0.05, 0.1) is 18.6 Å². The lowest BCUT2D eigenvalue weighted by Gasteiger charge is -2.41. The quantitative estimate of drug-likeness (QED) is 0.808. The molecule has 0 spiro atoms. The number of methoxy groups -OCH3 is 1. The number of carbonyl (C=O) groups excluding carboxylic acids is 2. The summed E-state index contributed by atoms with van der Waals surface area (Å²) in [7, 11) is 1.36. The van der Waals surface area contributed by atoms with E-state index < -0.39 is 17.8 Å². The van der Waals surface area contributed by atoms with Crippen LogP contribution in [0.5, 0.6) is 11.5 Å². The molecular formula is C21H23NO5. The van der Waals surface area contributed by atoms with Crippen molar-refractivity contribution in [2.24, 2.45) is 11.3 Å². The second-order valence-electron chi connectivity index (χ2n) is 7.95. The van der Waals surface area contributed by atoms with Crippen LogP contribution in [0.2, 0.25) is 0 Å². The monoisotopic (exact) mass is 369 g/mol. The van der Waals surface area contributed by atoms with Crippen LogP contribution in [0.1, 0.15) is 38.7 Å². The van der Waals surface area contributed by atoms with E-state index in [0.29, 0.717) is 29.2 Å². The predicted molar refractivity (Wildman–Crippen MR) is 98.1 cm³/mol. The maximum absolute atomic E-state index is 13.1. The normalized spacial score (nSPS) is 25.5. The lowest BCUT2D eigenvalue weighted by Crippen LogP contribution is -2.43. The number of esters is 1. The third kappa shape index (κ3) is 2.89. The molecule has 0 fully saturated rings. The van der Waals surface area contributed by atoms with Crippen molar-refractivity contribution < 1.29 is 23.8 Å². The standard InChI is InChI=1S/C21H23NO5/c1-11-17(20(24)25-4)18(12-5-6-15-16(7-12)27-10-26-15)19-13(22-11)8-21(2,3)9-14(19)23/h5-8,18-19,22H,9-10H2,1-4H3. The molecule has 142 valence electrons. The van der Waals surface area contributed by atoms with Crippen molar-refractivity contribution in [3.63, 3.8) is 0 Å². The Labute approximate surface area is 158 Å². The lowest BCUT2D eigenvalue weighted by atomic mass is 9.66. The zero-order valence-electron chi connectivity index (χ0n) is 15.9. The third-order valence-corrected chi connectivity index (χ3v) is 5.40. The Balaban J connectivity index is 1.89. The zero-order valence-corrected chi connectivity index (χ0v) is 15.9. The molecule has 27 heavy (non-hydrogen) atoms. The Morgan fingerprint density at radius 1 is 1.22 bits per heavy atom. The van der Waals surface area contributed by atoms with Gasteiger partial charge in [0.1, 0.15) is 5.78 Å². The Kier molecular flexibility index (Phi) is 4.02. The van der Waals surface area contributed by atoms with Crippen LogP contribution in [0.4, 0.5) is 0 Å². The maximum Gasteiger partial charge on any atom is 0.336 e. The molecule has 0 radical (unpaired) electrons.